The van der Waals surface area contributed by atoms with Crippen LogP contribution in [0.4, 0.5) is 0 Å². The minimum atomic E-state index is -0.733. The van der Waals surface area contributed by atoms with E-state index in [0.717, 1.165) is 0 Å². The molecule has 6 heteroatoms. The molecule has 0 saturated heterocycles. The van der Waals surface area contributed by atoms with E-state index in [0.29, 0.717) is 30.3 Å². The molecule has 0 fully saturated rings. The molecule has 124 valence electrons. The molecule has 2 aromatic rings. The van der Waals surface area contributed by atoms with Crippen molar-refractivity contribution in [1.29, 1.82) is 0 Å². The third kappa shape index (κ3) is 3.36. The van der Waals surface area contributed by atoms with E-state index in [1.807, 2.05) is 18.2 Å². The third-order valence-electron chi connectivity index (χ3n) is 3.69. The number of carbonyl (C=O) groups excluding carboxylic acids is 2. The van der Waals surface area contributed by atoms with Crippen molar-refractivity contribution in [1.82, 2.24) is 5.32 Å². The van der Waals surface area contributed by atoms with Crippen LogP contribution in [0.5, 0.6) is 11.5 Å². The number of benzene rings is 2. The maximum atomic E-state index is 12.6. The van der Waals surface area contributed by atoms with Gasteiger partial charge in [0.1, 0.15) is 19.3 Å². The van der Waals surface area contributed by atoms with Crippen LogP contribution in [0, 0.1) is 0 Å². The van der Waals surface area contributed by atoms with Gasteiger partial charge in [-0.15, -0.1) is 0 Å². The molecule has 0 spiro atoms. The molecule has 1 heterocycles. The predicted molar refractivity (Wildman–Crippen MR) is 89.8 cm³/mol. The van der Waals surface area contributed by atoms with Crippen LogP contribution < -0.4 is 14.8 Å². The lowest BCUT2D eigenvalue weighted by molar-refractivity contribution is -0.118. The van der Waals surface area contributed by atoms with Crippen LogP contribution in [-0.2, 0) is 4.79 Å². The van der Waals surface area contributed by atoms with Crippen molar-refractivity contribution in [2.24, 2.45) is 0 Å². The summed E-state index contributed by atoms with van der Waals surface area (Å²) < 4.78 is 10.9. The highest BCUT2D eigenvalue weighted by molar-refractivity contribution is 6.34. The molecule has 0 saturated carbocycles. The van der Waals surface area contributed by atoms with Gasteiger partial charge in [0, 0.05) is 6.07 Å². The molecule has 2 aromatic carbocycles. The summed E-state index contributed by atoms with van der Waals surface area (Å²) in [6.45, 7) is 2.29. The Morgan fingerprint density at radius 2 is 1.71 bits per heavy atom. The van der Waals surface area contributed by atoms with Crippen LogP contribution in [0.1, 0.15) is 28.9 Å². The zero-order valence-corrected chi connectivity index (χ0v) is 13.8. The Balaban J connectivity index is 1.87. The maximum absolute atomic E-state index is 12.6. The van der Waals surface area contributed by atoms with E-state index in [9.17, 15) is 9.59 Å². The minimum Gasteiger partial charge on any atom is -0.486 e. The normalized spacial score (nSPS) is 13.9. The van der Waals surface area contributed by atoms with Gasteiger partial charge >= 0.3 is 0 Å². The number of hydrogen-bond donors (Lipinski definition) is 1. The van der Waals surface area contributed by atoms with Crippen molar-refractivity contribution in [2.75, 3.05) is 13.2 Å². The fourth-order valence-corrected chi connectivity index (χ4v) is 2.75. The monoisotopic (exact) mass is 345 g/mol. The summed E-state index contributed by atoms with van der Waals surface area (Å²) in [7, 11) is 0. The Hall–Kier alpha value is -2.53. The first kappa shape index (κ1) is 16.3. The van der Waals surface area contributed by atoms with Crippen LogP contribution >= 0.6 is 11.6 Å². The molecule has 0 radical (unpaired) electrons. The lowest BCUT2D eigenvalue weighted by atomic mass is 10.0. The van der Waals surface area contributed by atoms with Gasteiger partial charge in [-0.05, 0) is 18.6 Å². The maximum Gasteiger partial charge on any atom is 0.253 e. The highest BCUT2D eigenvalue weighted by atomic mass is 35.5. The second-order valence-corrected chi connectivity index (χ2v) is 5.81. The summed E-state index contributed by atoms with van der Waals surface area (Å²) >= 11 is 6.18. The average Bonchev–Trinajstić information content (AvgIpc) is 2.59. The van der Waals surface area contributed by atoms with Crippen molar-refractivity contribution < 1.29 is 19.1 Å². The fourth-order valence-electron chi connectivity index (χ4n) is 2.51. The Kier molecular flexibility index (Phi) is 4.71. The van der Waals surface area contributed by atoms with Gasteiger partial charge in [0.15, 0.2) is 17.3 Å². The van der Waals surface area contributed by atoms with Gasteiger partial charge in [0.25, 0.3) is 5.91 Å². The first-order valence-corrected chi connectivity index (χ1v) is 7.89. The number of fused-ring (bicyclic) bond motifs is 1. The second kappa shape index (κ2) is 6.93. The molecular formula is C18H16ClNO4. The fraction of sp³-hybridized carbons (Fsp3) is 0.222. The summed E-state index contributed by atoms with van der Waals surface area (Å²) in [5.41, 5.74) is 0.954. The van der Waals surface area contributed by atoms with Crippen LogP contribution in [0.25, 0.3) is 0 Å². The Morgan fingerprint density at radius 3 is 2.33 bits per heavy atom. The Morgan fingerprint density at radius 1 is 1.08 bits per heavy atom. The molecule has 1 unspecified atom stereocenters. The summed E-state index contributed by atoms with van der Waals surface area (Å²) in [4.78, 5) is 24.5. The zero-order valence-electron chi connectivity index (χ0n) is 13.0. The first-order chi connectivity index (χ1) is 11.6. The lowest BCUT2D eigenvalue weighted by Gasteiger charge is -2.21. The first-order valence-electron chi connectivity index (χ1n) is 7.51. The van der Waals surface area contributed by atoms with Gasteiger partial charge in [-0.1, -0.05) is 41.9 Å². The lowest BCUT2D eigenvalue weighted by Crippen LogP contribution is -2.33. The van der Waals surface area contributed by atoms with Crippen LogP contribution in [0.15, 0.2) is 42.5 Å². The topological polar surface area (TPSA) is 64.6 Å². The van der Waals surface area contributed by atoms with Crippen molar-refractivity contribution in [2.45, 2.75) is 13.0 Å². The van der Waals surface area contributed by atoms with Crippen molar-refractivity contribution in [3.05, 3.63) is 58.6 Å². The quantitative estimate of drug-likeness (QED) is 0.924. The molecule has 0 aromatic heterocycles. The number of hydrogen-bond acceptors (Lipinski definition) is 4. The van der Waals surface area contributed by atoms with Gasteiger partial charge in [-0.2, -0.15) is 0 Å². The molecule has 5 nitrogen and oxygen atoms in total. The standard InChI is InChI=1S/C18H16ClNO4/c1-11(21)17(12-5-3-2-4-6-12)20-18(22)13-9-15-16(10-14(13)19)24-8-7-23-15/h2-6,9-10,17H,7-8H2,1H3,(H,20,22). The van der Waals surface area contributed by atoms with Gasteiger partial charge in [0.05, 0.1) is 10.6 Å². The number of amides is 1. The summed E-state index contributed by atoms with van der Waals surface area (Å²) in [6, 6.07) is 11.4. The van der Waals surface area contributed by atoms with Crippen LogP contribution in [0.2, 0.25) is 5.02 Å². The summed E-state index contributed by atoms with van der Waals surface area (Å²) in [6.07, 6.45) is 0. The number of ether oxygens (including phenoxy) is 2. The molecule has 1 amide bonds. The molecule has 1 aliphatic rings. The highest BCUT2D eigenvalue weighted by Crippen LogP contribution is 2.35. The van der Waals surface area contributed by atoms with E-state index in [1.54, 1.807) is 18.2 Å². The summed E-state index contributed by atoms with van der Waals surface area (Å²) in [5.74, 6) is 0.369. The van der Waals surface area contributed by atoms with E-state index < -0.39 is 11.9 Å². The van der Waals surface area contributed by atoms with Crippen molar-refractivity contribution >= 4 is 23.3 Å². The molecule has 24 heavy (non-hydrogen) atoms. The molecule has 3 rings (SSSR count). The predicted octanol–water partition coefficient (Wildman–Crippen LogP) is 3.17. The van der Waals surface area contributed by atoms with Crippen molar-refractivity contribution in [3.63, 3.8) is 0 Å². The number of halogens is 1. The number of rotatable bonds is 4. The van der Waals surface area contributed by atoms with E-state index in [-0.39, 0.29) is 16.4 Å². The minimum absolute atomic E-state index is 0.164. The third-order valence-corrected chi connectivity index (χ3v) is 4.00. The Labute approximate surface area is 144 Å². The van der Waals surface area contributed by atoms with E-state index in [1.165, 1.54) is 13.0 Å². The molecule has 1 aliphatic heterocycles. The Bertz CT molecular complexity index is 776. The van der Waals surface area contributed by atoms with Crippen molar-refractivity contribution in [3.8, 4) is 11.5 Å². The summed E-state index contributed by atoms with van der Waals surface area (Å²) in [5, 5.41) is 2.97. The SMILES string of the molecule is CC(=O)C(NC(=O)c1cc2c(cc1Cl)OCCO2)c1ccccc1. The zero-order chi connectivity index (χ0) is 17.1. The molecule has 0 bridgehead atoms. The largest absolute Gasteiger partial charge is 0.486 e. The van der Waals surface area contributed by atoms with E-state index >= 15 is 0 Å². The molecular weight excluding hydrogens is 330 g/mol. The van der Waals surface area contributed by atoms with Gasteiger partial charge < -0.3 is 14.8 Å². The van der Waals surface area contributed by atoms with Gasteiger partial charge in [-0.25, -0.2) is 0 Å². The number of ketones is 1. The van der Waals surface area contributed by atoms with E-state index in [2.05, 4.69) is 5.32 Å². The smallest absolute Gasteiger partial charge is 0.253 e. The number of nitrogens with one attached hydrogen (secondary N) is 1. The molecule has 1 N–H and O–H groups in total. The van der Waals surface area contributed by atoms with Crippen LogP contribution in [0.3, 0.4) is 0 Å². The molecule has 0 aliphatic carbocycles. The number of Topliss-reactive ketones (excluding diaryl/α,β-unsaturated/α-hetero) is 1. The average molecular weight is 346 g/mol. The highest BCUT2D eigenvalue weighted by Gasteiger charge is 2.23. The van der Waals surface area contributed by atoms with E-state index in [4.69, 9.17) is 21.1 Å². The van der Waals surface area contributed by atoms with Crippen LogP contribution in [-0.4, -0.2) is 24.9 Å². The van der Waals surface area contributed by atoms with Gasteiger partial charge in [-0.3, -0.25) is 9.59 Å². The van der Waals surface area contributed by atoms with Gasteiger partial charge in [0.2, 0.25) is 0 Å². The number of carbonyl (C=O) groups is 2. The molecule has 1 atom stereocenters. The second-order valence-electron chi connectivity index (χ2n) is 5.40.